The first-order chi connectivity index (χ1) is 8.31. The molecule has 2 atom stereocenters. The Bertz CT molecular complexity index is 289. The van der Waals surface area contributed by atoms with Crippen molar-refractivity contribution >= 4 is 0 Å². The summed E-state index contributed by atoms with van der Waals surface area (Å²) < 4.78 is 0. The van der Waals surface area contributed by atoms with Crippen molar-refractivity contribution in [1.29, 1.82) is 0 Å². The summed E-state index contributed by atoms with van der Waals surface area (Å²) in [4.78, 5) is 8.08. The van der Waals surface area contributed by atoms with Crippen LogP contribution in [0.25, 0.3) is 0 Å². The lowest BCUT2D eigenvalue weighted by molar-refractivity contribution is 0.355. The molecule has 3 N–H and O–H groups in total. The second-order valence-electron chi connectivity index (χ2n) is 4.54. The molecule has 0 aliphatic carbocycles. The fourth-order valence-corrected chi connectivity index (χ4v) is 2.11. The van der Waals surface area contributed by atoms with Gasteiger partial charge in [0.25, 0.3) is 0 Å². The maximum atomic E-state index is 5.63. The Morgan fingerprint density at radius 3 is 2.53 bits per heavy atom. The highest BCUT2D eigenvalue weighted by Crippen LogP contribution is 2.25. The van der Waals surface area contributed by atoms with Gasteiger partial charge in [0.1, 0.15) is 6.33 Å². The zero-order valence-corrected chi connectivity index (χ0v) is 10.9. The van der Waals surface area contributed by atoms with Crippen molar-refractivity contribution in [3.05, 3.63) is 24.3 Å². The SMILES string of the molecule is CCCCC(CC)CC(NN)c1cncnc1. The van der Waals surface area contributed by atoms with E-state index in [4.69, 9.17) is 5.84 Å². The lowest BCUT2D eigenvalue weighted by atomic mass is 9.90. The maximum Gasteiger partial charge on any atom is 0.115 e. The Morgan fingerprint density at radius 1 is 1.29 bits per heavy atom. The molecular formula is C13H24N4. The molecular weight excluding hydrogens is 212 g/mol. The molecule has 1 aromatic heterocycles. The molecule has 1 aromatic rings. The highest BCUT2D eigenvalue weighted by Gasteiger charge is 2.16. The largest absolute Gasteiger partial charge is 0.271 e. The van der Waals surface area contributed by atoms with Crippen LogP contribution in [0, 0.1) is 5.92 Å². The van der Waals surface area contributed by atoms with E-state index < -0.39 is 0 Å². The fraction of sp³-hybridized carbons (Fsp3) is 0.692. The molecule has 0 fully saturated rings. The van der Waals surface area contributed by atoms with Gasteiger partial charge in [0.15, 0.2) is 0 Å². The predicted octanol–water partition coefficient (Wildman–Crippen LogP) is 2.59. The van der Waals surface area contributed by atoms with Crippen LogP contribution in [-0.4, -0.2) is 9.97 Å². The van der Waals surface area contributed by atoms with Crippen LogP contribution in [0.15, 0.2) is 18.7 Å². The number of hydrogen-bond donors (Lipinski definition) is 2. The zero-order chi connectivity index (χ0) is 12.5. The van der Waals surface area contributed by atoms with Gasteiger partial charge in [0, 0.05) is 24.0 Å². The molecule has 17 heavy (non-hydrogen) atoms. The number of nitrogens with zero attached hydrogens (tertiary/aromatic N) is 2. The molecule has 0 amide bonds. The van der Waals surface area contributed by atoms with Crippen molar-refractivity contribution in [3.8, 4) is 0 Å². The third-order valence-electron chi connectivity index (χ3n) is 3.30. The highest BCUT2D eigenvalue weighted by molar-refractivity contribution is 5.08. The van der Waals surface area contributed by atoms with Gasteiger partial charge in [-0.25, -0.2) is 9.97 Å². The molecule has 0 aromatic carbocycles. The summed E-state index contributed by atoms with van der Waals surface area (Å²) in [5.41, 5.74) is 3.95. The van der Waals surface area contributed by atoms with Gasteiger partial charge in [0.05, 0.1) is 0 Å². The van der Waals surface area contributed by atoms with Gasteiger partial charge in [-0.1, -0.05) is 39.5 Å². The van der Waals surface area contributed by atoms with E-state index in [1.54, 1.807) is 6.33 Å². The van der Waals surface area contributed by atoms with Gasteiger partial charge in [-0.2, -0.15) is 0 Å². The van der Waals surface area contributed by atoms with Crippen molar-refractivity contribution in [2.75, 3.05) is 0 Å². The minimum atomic E-state index is 0.165. The Balaban J connectivity index is 2.56. The van der Waals surface area contributed by atoms with Gasteiger partial charge >= 0.3 is 0 Å². The first-order valence-corrected chi connectivity index (χ1v) is 6.52. The Hall–Kier alpha value is -1.00. The van der Waals surface area contributed by atoms with Gasteiger partial charge in [-0.15, -0.1) is 0 Å². The van der Waals surface area contributed by atoms with E-state index in [0.29, 0.717) is 0 Å². The van der Waals surface area contributed by atoms with Crippen molar-refractivity contribution in [2.24, 2.45) is 11.8 Å². The quantitative estimate of drug-likeness (QED) is 0.538. The number of nitrogens with one attached hydrogen (secondary N) is 1. The molecule has 0 aliphatic rings. The molecule has 0 radical (unpaired) electrons. The van der Waals surface area contributed by atoms with Crippen LogP contribution < -0.4 is 11.3 Å². The van der Waals surface area contributed by atoms with E-state index in [1.807, 2.05) is 12.4 Å². The molecule has 0 aliphatic heterocycles. The summed E-state index contributed by atoms with van der Waals surface area (Å²) in [7, 11) is 0. The number of unbranched alkanes of at least 4 members (excludes halogenated alkanes) is 1. The maximum absolute atomic E-state index is 5.63. The summed E-state index contributed by atoms with van der Waals surface area (Å²) >= 11 is 0. The average molecular weight is 236 g/mol. The number of hydrogen-bond acceptors (Lipinski definition) is 4. The minimum Gasteiger partial charge on any atom is -0.271 e. The van der Waals surface area contributed by atoms with Crippen LogP contribution in [0.4, 0.5) is 0 Å². The predicted molar refractivity (Wildman–Crippen MR) is 70.0 cm³/mol. The van der Waals surface area contributed by atoms with E-state index in [1.165, 1.54) is 25.7 Å². The summed E-state index contributed by atoms with van der Waals surface area (Å²) in [6, 6.07) is 0.165. The van der Waals surface area contributed by atoms with E-state index in [2.05, 4.69) is 29.2 Å². The molecule has 0 saturated heterocycles. The summed E-state index contributed by atoms with van der Waals surface area (Å²) in [5, 5.41) is 0. The molecule has 0 spiro atoms. The van der Waals surface area contributed by atoms with Crippen LogP contribution >= 0.6 is 0 Å². The van der Waals surface area contributed by atoms with E-state index >= 15 is 0 Å². The standard InChI is InChI=1S/C13H24N4/c1-3-5-6-11(4-2)7-13(17-14)12-8-15-10-16-9-12/h8-11,13,17H,3-7,14H2,1-2H3. The third-order valence-corrected chi connectivity index (χ3v) is 3.30. The molecule has 96 valence electrons. The van der Waals surface area contributed by atoms with Crippen molar-refractivity contribution in [3.63, 3.8) is 0 Å². The van der Waals surface area contributed by atoms with Crippen LogP contribution in [0.3, 0.4) is 0 Å². The number of hydrazine groups is 1. The Kier molecular flexibility index (Phi) is 6.74. The van der Waals surface area contributed by atoms with Crippen molar-refractivity contribution in [1.82, 2.24) is 15.4 Å². The first kappa shape index (κ1) is 14.1. The second-order valence-corrected chi connectivity index (χ2v) is 4.54. The Morgan fingerprint density at radius 2 is 2.00 bits per heavy atom. The molecule has 4 heteroatoms. The second kappa shape index (κ2) is 8.14. The topological polar surface area (TPSA) is 63.8 Å². The normalized spacial score (nSPS) is 14.5. The Labute approximate surface area is 104 Å². The van der Waals surface area contributed by atoms with E-state index in [0.717, 1.165) is 17.9 Å². The number of aromatic nitrogens is 2. The zero-order valence-electron chi connectivity index (χ0n) is 10.9. The third kappa shape index (κ3) is 4.79. The van der Waals surface area contributed by atoms with Crippen LogP contribution in [0.1, 0.15) is 57.6 Å². The minimum absolute atomic E-state index is 0.165. The highest BCUT2D eigenvalue weighted by atomic mass is 15.2. The molecule has 4 nitrogen and oxygen atoms in total. The smallest absolute Gasteiger partial charge is 0.115 e. The molecule has 1 rings (SSSR count). The monoisotopic (exact) mass is 236 g/mol. The summed E-state index contributed by atoms with van der Waals surface area (Å²) in [6.45, 7) is 4.48. The van der Waals surface area contributed by atoms with E-state index in [9.17, 15) is 0 Å². The summed E-state index contributed by atoms with van der Waals surface area (Å²) in [6.07, 6.45) is 11.3. The van der Waals surface area contributed by atoms with Crippen LogP contribution in [-0.2, 0) is 0 Å². The number of rotatable bonds is 8. The fourth-order valence-electron chi connectivity index (χ4n) is 2.11. The molecule has 0 saturated carbocycles. The molecule has 0 bridgehead atoms. The first-order valence-electron chi connectivity index (χ1n) is 6.52. The van der Waals surface area contributed by atoms with Gasteiger partial charge < -0.3 is 0 Å². The molecule has 1 heterocycles. The lowest BCUT2D eigenvalue weighted by Gasteiger charge is -2.21. The van der Waals surface area contributed by atoms with Gasteiger partial charge in [-0.3, -0.25) is 11.3 Å². The van der Waals surface area contributed by atoms with E-state index in [-0.39, 0.29) is 6.04 Å². The average Bonchev–Trinajstić information content (AvgIpc) is 2.40. The van der Waals surface area contributed by atoms with Crippen LogP contribution in [0.5, 0.6) is 0 Å². The molecule has 2 unspecified atom stereocenters. The lowest BCUT2D eigenvalue weighted by Crippen LogP contribution is -2.29. The number of nitrogens with two attached hydrogens (primary N) is 1. The van der Waals surface area contributed by atoms with Gasteiger partial charge in [-0.05, 0) is 12.3 Å². The summed E-state index contributed by atoms with van der Waals surface area (Å²) in [5.74, 6) is 6.35. The van der Waals surface area contributed by atoms with Crippen LogP contribution in [0.2, 0.25) is 0 Å². The van der Waals surface area contributed by atoms with Crippen molar-refractivity contribution in [2.45, 2.75) is 52.0 Å². The van der Waals surface area contributed by atoms with Gasteiger partial charge in [0.2, 0.25) is 0 Å². The van der Waals surface area contributed by atoms with Crippen molar-refractivity contribution < 1.29 is 0 Å².